The average Bonchev–Trinajstić information content (AvgIpc) is 2.72. The van der Waals surface area contributed by atoms with Crippen LogP contribution in [-0.4, -0.2) is 55.4 Å². The van der Waals surface area contributed by atoms with Crippen LogP contribution < -0.4 is 11.3 Å². The maximum atomic E-state index is 11.7. The molecule has 6 N–H and O–H groups in total. The van der Waals surface area contributed by atoms with Gasteiger partial charge >= 0.3 is 0 Å². The molecular weight excluding hydrogens is 250 g/mol. The van der Waals surface area contributed by atoms with Crippen molar-refractivity contribution < 1.29 is 10.2 Å². The Morgan fingerprint density at radius 1 is 1.58 bits per heavy atom. The van der Waals surface area contributed by atoms with E-state index in [1.54, 1.807) is 6.20 Å². The molecular formula is C11H15N5O3. The van der Waals surface area contributed by atoms with E-state index in [-0.39, 0.29) is 24.2 Å². The summed E-state index contributed by atoms with van der Waals surface area (Å²) in [6.45, 7) is 0.897. The van der Waals surface area contributed by atoms with Gasteiger partial charge in [0.15, 0.2) is 0 Å². The first-order valence-electron chi connectivity index (χ1n) is 5.99. The Kier molecular flexibility index (Phi) is 2.77. The standard InChI is InChI=1S/C11H15N5O3/c12-11-14-8-5(1-13-9(8)10(19)15-11)2-16-3-7(18)6(16)4-17/h1,6-7,13,17-18H,2-4H2,(H3,12,14,15,19)/t6-,7-/m0/s1. The van der Waals surface area contributed by atoms with Gasteiger partial charge in [0.25, 0.3) is 5.56 Å². The first kappa shape index (κ1) is 12.2. The first-order valence-corrected chi connectivity index (χ1v) is 5.99. The van der Waals surface area contributed by atoms with Gasteiger partial charge in [-0.25, -0.2) is 4.98 Å². The summed E-state index contributed by atoms with van der Waals surface area (Å²) in [5.74, 6) is 0.0701. The summed E-state index contributed by atoms with van der Waals surface area (Å²) in [6, 6.07) is -0.260. The Morgan fingerprint density at radius 3 is 3.05 bits per heavy atom. The number of anilines is 1. The number of aromatic nitrogens is 3. The molecule has 8 heteroatoms. The topological polar surface area (TPSA) is 131 Å². The maximum Gasteiger partial charge on any atom is 0.276 e. The normalized spacial score (nSPS) is 23.7. The molecule has 1 fully saturated rings. The van der Waals surface area contributed by atoms with Gasteiger partial charge in [0.05, 0.1) is 18.8 Å². The zero-order chi connectivity index (χ0) is 13.6. The number of hydrogen-bond acceptors (Lipinski definition) is 6. The van der Waals surface area contributed by atoms with E-state index in [0.29, 0.717) is 24.1 Å². The third-order valence-corrected chi connectivity index (χ3v) is 3.53. The quantitative estimate of drug-likeness (QED) is 0.453. The zero-order valence-corrected chi connectivity index (χ0v) is 10.1. The Hall–Kier alpha value is -1.90. The minimum absolute atomic E-state index is 0.0701. The smallest absolute Gasteiger partial charge is 0.276 e. The SMILES string of the molecule is Nc1nc2c(CN3C[C@H](O)[C@@H]3CO)c[nH]c2c(=O)[nH]1. The lowest BCUT2D eigenvalue weighted by Crippen LogP contribution is -2.61. The van der Waals surface area contributed by atoms with Crippen LogP contribution in [0.3, 0.4) is 0 Å². The fourth-order valence-electron chi connectivity index (χ4n) is 2.45. The number of hydrogen-bond donors (Lipinski definition) is 5. The van der Waals surface area contributed by atoms with E-state index < -0.39 is 6.10 Å². The van der Waals surface area contributed by atoms with Crippen LogP contribution in [0.15, 0.2) is 11.0 Å². The molecule has 2 aromatic rings. The highest BCUT2D eigenvalue weighted by molar-refractivity contribution is 5.78. The van der Waals surface area contributed by atoms with E-state index in [1.807, 2.05) is 4.90 Å². The molecule has 1 aliphatic rings. The molecule has 0 spiro atoms. The van der Waals surface area contributed by atoms with Crippen LogP contribution in [0.25, 0.3) is 11.0 Å². The van der Waals surface area contributed by atoms with Gasteiger partial charge in [-0.3, -0.25) is 14.7 Å². The number of nitrogens with two attached hydrogens (primary N) is 1. The molecule has 8 nitrogen and oxygen atoms in total. The summed E-state index contributed by atoms with van der Waals surface area (Å²) < 4.78 is 0. The minimum Gasteiger partial charge on any atom is -0.395 e. The van der Waals surface area contributed by atoms with Crippen LogP contribution in [0, 0.1) is 0 Å². The van der Waals surface area contributed by atoms with Gasteiger partial charge in [-0.1, -0.05) is 0 Å². The second-order valence-electron chi connectivity index (χ2n) is 4.74. The summed E-state index contributed by atoms with van der Waals surface area (Å²) >= 11 is 0. The molecule has 19 heavy (non-hydrogen) atoms. The van der Waals surface area contributed by atoms with E-state index in [1.165, 1.54) is 0 Å². The van der Waals surface area contributed by atoms with Gasteiger partial charge in [0.2, 0.25) is 5.95 Å². The second-order valence-corrected chi connectivity index (χ2v) is 4.74. The maximum absolute atomic E-state index is 11.7. The van der Waals surface area contributed by atoms with Crippen LogP contribution in [0.2, 0.25) is 0 Å². The number of nitrogens with one attached hydrogen (secondary N) is 2. The molecule has 1 saturated heterocycles. The van der Waals surface area contributed by atoms with Gasteiger partial charge < -0.3 is 20.9 Å². The number of nitrogen functional groups attached to an aromatic ring is 1. The number of fused-ring (bicyclic) bond motifs is 1. The fourth-order valence-corrected chi connectivity index (χ4v) is 2.45. The number of nitrogens with zero attached hydrogens (tertiary/aromatic N) is 2. The van der Waals surface area contributed by atoms with Crippen molar-refractivity contribution in [2.75, 3.05) is 18.9 Å². The molecule has 2 atom stereocenters. The van der Waals surface area contributed by atoms with E-state index in [0.717, 1.165) is 5.56 Å². The van der Waals surface area contributed by atoms with Crippen molar-refractivity contribution in [1.29, 1.82) is 0 Å². The largest absolute Gasteiger partial charge is 0.395 e. The molecule has 3 heterocycles. The van der Waals surface area contributed by atoms with Crippen LogP contribution in [-0.2, 0) is 6.54 Å². The van der Waals surface area contributed by atoms with Crippen molar-refractivity contribution in [3.05, 3.63) is 22.1 Å². The lowest BCUT2D eigenvalue weighted by atomic mass is 9.99. The van der Waals surface area contributed by atoms with E-state index in [4.69, 9.17) is 10.8 Å². The number of H-pyrrole nitrogens is 2. The molecule has 0 aromatic carbocycles. The molecule has 0 radical (unpaired) electrons. The van der Waals surface area contributed by atoms with Gasteiger partial charge in [0.1, 0.15) is 11.0 Å². The van der Waals surface area contributed by atoms with Crippen molar-refractivity contribution in [1.82, 2.24) is 19.9 Å². The minimum atomic E-state index is -0.503. The summed E-state index contributed by atoms with van der Waals surface area (Å²) in [7, 11) is 0. The molecule has 0 amide bonds. The molecule has 0 unspecified atom stereocenters. The molecule has 102 valence electrons. The molecule has 0 aliphatic carbocycles. The number of aromatic amines is 2. The highest BCUT2D eigenvalue weighted by Crippen LogP contribution is 2.23. The van der Waals surface area contributed by atoms with Crippen molar-refractivity contribution in [2.45, 2.75) is 18.7 Å². The van der Waals surface area contributed by atoms with Gasteiger partial charge in [-0.05, 0) is 0 Å². The third-order valence-electron chi connectivity index (χ3n) is 3.53. The highest BCUT2D eigenvalue weighted by Gasteiger charge is 2.37. The summed E-state index contributed by atoms with van der Waals surface area (Å²) in [4.78, 5) is 23.0. The summed E-state index contributed by atoms with van der Waals surface area (Å²) in [6.07, 6.45) is 1.20. The monoisotopic (exact) mass is 265 g/mol. The van der Waals surface area contributed by atoms with Crippen LogP contribution in [0.4, 0.5) is 5.95 Å². The third kappa shape index (κ3) is 1.89. The Balaban J connectivity index is 1.92. The van der Waals surface area contributed by atoms with Gasteiger partial charge in [0, 0.05) is 24.8 Å². The predicted molar refractivity (Wildman–Crippen MR) is 68.4 cm³/mol. The van der Waals surface area contributed by atoms with Crippen LogP contribution in [0.1, 0.15) is 5.56 Å². The summed E-state index contributed by atoms with van der Waals surface area (Å²) in [5.41, 5.74) is 6.95. The van der Waals surface area contributed by atoms with Crippen molar-refractivity contribution in [3.63, 3.8) is 0 Å². The second kappa shape index (κ2) is 4.34. The Morgan fingerprint density at radius 2 is 2.37 bits per heavy atom. The van der Waals surface area contributed by atoms with Gasteiger partial charge in [-0.2, -0.15) is 0 Å². The summed E-state index contributed by atoms with van der Waals surface area (Å²) in [5, 5.41) is 18.7. The van der Waals surface area contributed by atoms with Crippen molar-refractivity contribution in [3.8, 4) is 0 Å². The van der Waals surface area contributed by atoms with E-state index in [9.17, 15) is 9.90 Å². The number of likely N-dealkylation sites (tertiary alicyclic amines) is 1. The van der Waals surface area contributed by atoms with E-state index >= 15 is 0 Å². The average molecular weight is 265 g/mol. The molecule has 0 bridgehead atoms. The number of aliphatic hydroxyl groups excluding tert-OH is 2. The van der Waals surface area contributed by atoms with Gasteiger partial charge in [-0.15, -0.1) is 0 Å². The van der Waals surface area contributed by atoms with Crippen molar-refractivity contribution in [2.24, 2.45) is 0 Å². The van der Waals surface area contributed by atoms with Crippen molar-refractivity contribution >= 4 is 17.0 Å². The van der Waals surface area contributed by atoms with E-state index in [2.05, 4.69) is 15.0 Å². The predicted octanol–water partition coefficient (Wildman–Crippen LogP) is -1.63. The zero-order valence-electron chi connectivity index (χ0n) is 10.1. The molecule has 0 saturated carbocycles. The van der Waals surface area contributed by atoms with Crippen LogP contribution in [0.5, 0.6) is 0 Å². The Bertz CT molecular complexity index is 664. The number of β-amino-alcohol motifs (C(OH)–C–C–N with tert-alkyl or cyclic N) is 1. The fraction of sp³-hybridized carbons (Fsp3) is 0.455. The first-order chi connectivity index (χ1) is 9.10. The number of rotatable bonds is 3. The van der Waals surface area contributed by atoms with Crippen LogP contribution >= 0.6 is 0 Å². The molecule has 2 aromatic heterocycles. The molecule has 1 aliphatic heterocycles. The lowest BCUT2D eigenvalue weighted by Gasteiger charge is -2.44. The Labute approximate surface area is 107 Å². The molecule has 3 rings (SSSR count). The number of aliphatic hydroxyl groups is 2. The lowest BCUT2D eigenvalue weighted by molar-refractivity contribution is -0.0864. The highest BCUT2D eigenvalue weighted by atomic mass is 16.3.